The summed E-state index contributed by atoms with van der Waals surface area (Å²) in [6.07, 6.45) is 0.420. The molecule has 0 unspecified atom stereocenters. The third kappa shape index (κ3) is 1.60. The van der Waals surface area contributed by atoms with Crippen LogP contribution in [0.25, 0.3) is 0 Å². The third-order valence-electron chi connectivity index (χ3n) is 2.48. The Hall–Kier alpha value is -1.39. The number of nitrogens with zero attached hydrogens (tertiary/aromatic N) is 1. The molecule has 5 heteroatoms. The lowest BCUT2D eigenvalue weighted by Gasteiger charge is -2.16. The van der Waals surface area contributed by atoms with Crippen molar-refractivity contribution < 1.29 is 14.7 Å². The van der Waals surface area contributed by atoms with E-state index in [-0.39, 0.29) is 6.61 Å². The molecule has 1 amide bonds. The van der Waals surface area contributed by atoms with Crippen molar-refractivity contribution >= 4 is 29.0 Å². The summed E-state index contributed by atoms with van der Waals surface area (Å²) in [5.74, 6) is -1.10. The number of fused-ring (bicyclic) bond motifs is 1. The van der Waals surface area contributed by atoms with Crippen LogP contribution < -0.4 is 4.90 Å². The highest BCUT2D eigenvalue weighted by Crippen LogP contribution is 2.35. The molecule has 0 saturated heterocycles. The van der Waals surface area contributed by atoms with E-state index in [9.17, 15) is 9.59 Å². The topological polar surface area (TPSA) is 57.6 Å². The van der Waals surface area contributed by atoms with E-state index < -0.39 is 11.7 Å². The molecule has 1 aliphatic rings. The molecule has 1 aliphatic heterocycles. The molecule has 0 atom stereocenters. The van der Waals surface area contributed by atoms with Crippen LogP contribution in [-0.4, -0.2) is 29.9 Å². The Morgan fingerprint density at radius 3 is 2.75 bits per heavy atom. The number of Topliss-reactive ketones (excluding diaryl/α,β-unsaturated/α-hetero) is 1. The van der Waals surface area contributed by atoms with Crippen LogP contribution in [0, 0.1) is 0 Å². The minimum absolute atomic E-state index is 0.0300. The predicted molar refractivity (Wildman–Crippen MR) is 59.8 cm³/mol. The van der Waals surface area contributed by atoms with Crippen molar-refractivity contribution in [3.05, 3.63) is 28.8 Å². The van der Waals surface area contributed by atoms with Gasteiger partial charge in [0.05, 0.1) is 16.3 Å². The van der Waals surface area contributed by atoms with Crippen molar-refractivity contribution in [2.24, 2.45) is 0 Å². The fourth-order valence-electron chi connectivity index (χ4n) is 1.75. The molecule has 84 valence electrons. The zero-order valence-electron chi connectivity index (χ0n) is 8.44. The van der Waals surface area contributed by atoms with Crippen molar-refractivity contribution in [2.75, 3.05) is 18.1 Å². The van der Waals surface area contributed by atoms with Crippen molar-refractivity contribution in [3.63, 3.8) is 0 Å². The van der Waals surface area contributed by atoms with Crippen LogP contribution in [0.2, 0.25) is 5.02 Å². The standard InChI is InChI=1S/C11H10ClNO3/c12-8-4-1-3-7-9(8)13(5-2-6-14)11(16)10(7)15/h1,3-4,14H,2,5-6H2. The molecule has 0 aliphatic carbocycles. The van der Waals surface area contributed by atoms with Crippen LogP contribution in [0.3, 0.4) is 0 Å². The zero-order chi connectivity index (χ0) is 11.7. The van der Waals surface area contributed by atoms with E-state index in [1.165, 1.54) is 4.90 Å². The second-order valence-electron chi connectivity index (χ2n) is 3.50. The zero-order valence-corrected chi connectivity index (χ0v) is 9.20. The number of hydrogen-bond donors (Lipinski definition) is 1. The average Bonchev–Trinajstić information content (AvgIpc) is 2.52. The summed E-state index contributed by atoms with van der Waals surface area (Å²) >= 11 is 5.97. The maximum absolute atomic E-state index is 11.7. The molecule has 0 bridgehead atoms. The molecule has 1 N–H and O–H groups in total. The van der Waals surface area contributed by atoms with Gasteiger partial charge in [-0.25, -0.2) is 0 Å². The normalized spacial score (nSPS) is 14.5. The number of benzene rings is 1. The van der Waals surface area contributed by atoms with Gasteiger partial charge in [-0.05, 0) is 18.6 Å². The van der Waals surface area contributed by atoms with Crippen LogP contribution in [0.5, 0.6) is 0 Å². The van der Waals surface area contributed by atoms with Gasteiger partial charge in [0.1, 0.15) is 0 Å². The summed E-state index contributed by atoms with van der Waals surface area (Å²) in [6, 6.07) is 4.86. The summed E-state index contributed by atoms with van der Waals surface area (Å²) in [4.78, 5) is 24.6. The lowest BCUT2D eigenvalue weighted by molar-refractivity contribution is -0.114. The van der Waals surface area contributed by atoms with E-state index >= 15 is 0 Å². The molecule has 2 rings (SSSR count). The van der Waals surface area contributed by atoms with Crippen LogP contribution in [0.1, 0.15) is 16.8 Å². The number of aliphatic hydroxyl groups is 1. The maximum Gasteiger partial charge on any atom is 0.299 e. The van der Waals surface area contributed by atoms with E-state index in [1.54, 1.807) is 18.2 Å². The van der Waals surface area contributed by atoms with Gasteiger partial charge in [0.15, 0.2) is 0 Å². The Bertz CT molecular complexity index is 459. The Morgan fingerprint density at radius 2 is 2.06 bits per heavy atom. The maximum atomic E-state index is 11.7. The van der Waals surface area contributed by atoms with Crippen molar-refractivity contribution in [3.8, 4) is 0 Å². The monoisotopic (exact) mass is 239 g/mol. The fraction of sp³-hybridized carbons (Fsp3) is 0.273. The Morgan fingerprint density at radius 1 is 1.31 bits per heavy atom. The first-order valence-corrected chi connectivity index (χ1v) is 5.30. The van der Waals surface area contributed by atoms with Crippen LogP contribution in [0.4, 0.5) is 5.69 Å². The highest BCUT2D eigenvalue weighted by molar-refractivity contribution is 6.54. The minimum Gasteiger partial charge on any atom is -0.396 e. The summed E-state index contributed by atoms with van der Waals surface area (Å²) in [5, 5.41) is 9.12. The van der Waals surface area contributed by atoms with Crippen molar-refractivity contribution in [2.45, 2.75) is 6.42 Å². The first-order chi connectivity index (χ1) is 7.66. The number of para-hydroxylation sites is 1. The molecule has 0 radical (unpaired) electrons. The van der Waals surface area contributed by atoms with Gasteiger partial charge < -0.3 is 10.0 Å². The molecule has 0 aromatic heterocycles. The molecular formula is C11H10ClNO3. The molecule has 1 heterocycles. The summed E-state index contributed by atoms with van der Waals surface area (Å²) in [5.41, 5.74) is 0.808. The van der Waals surface area contributed by atoms with Gasteiger partial charge in [0.2, 0.25) is 0 Å². The van der Waals surface area contributed by atoms with Gasteiger partial charge >= 0.3 is 0 Å². The van der Waals surface area contributed by atoms with Gasteiger partial charge in [-0.3, -0.25) is 9.59 Å². The van der Waals surface area contributed by atoms with Crippen LogP contribution >= 0.6 is 11.6 Å². The smallest absolute Gasteiger partial charge is 0.299 e. The number of anilines is 1. The SMILES string of the molecule is O=C1C(=O)N(CCCO)c2c(Cl)cccc21. The van der Waals surface area contributed by atoms with E-state index in [0.29, 0.717) is 29.2 Å². The van der Waals surface area contributed by atoms with Crippen LogP contribution in [-0.2, 0) is 4.79 Å². The first-order valence-electron chi connectivity index (χ1n) is 4.92. The second kappa shape index (κ2) is 4.23. The first kappa shape index (κ1) is 11.1. The Labute approximate surface area is 97.4 Å². The number of ketones is 1. The number of carbonyl (C=O) groups excluding carboxylic acids is 2. The van der Waals surface area contributed by atoms with Gasteiger partial charge in [-0.1, -0.05) is 17.7 Å². The van der Waals surface area contributed by atoms with Gasteiger partial charge in [-0.15, -0.1) is 0 Å². The van der Waals surface area contributed by atoms with Gasteiger partial charge in [0, 0.05) is 13.2 Å². The fourth-order valence-corrected chi connectivity index (χ4v) is 2.03. The van der Waals surface area contributed by atoms with E-state index in [0.717, 1.165) is 0 Å². The second-order valence-corrected chi connectivity index (χ2v) is 3.91. The van der Waals surface area contributed by atoms with Gasteiger partial charge in [-0.2, -0.15) is 0 Å². The summed E-state index contributed by atoms with van der Waals surface area (Å²) < 4.78 is 0. The molecule has 0 fully saturated rings. The highest BCUT2D eigenvalue weighted by atomic mass is 35.5. The van der Waals surface area contributed by atoms with Crippen molar-refractivity contribution in [1.82, 2.24) is 0 Å². The number of halogens is 1. The number of carbonyl (C=O) groups is 2. The number of rotatable bonds is 3. The highest BCUT2D eigenvalue weighted by Gasteiger charge is 2.36. The Kier molecular flexibility index (Phi) is 2.94. The van der Waals surface area contributed by atoms with E-state index in [2.05, 4.69) is 0 Å². The molecular weight excluding hydrogens is 230 g/mol. The third-order valence-corrected chi connectivity index (χ3v) is 2.79. The average molecular weight is 240 g/mol. The van der Waals surface area contributed by atoms with Crippen molar-refractivity contribution in [1.29, 1.82) is 0 Å². The molecule has 0 saturated carbocycles. The molecule has 16 heavy (non-hydrogen) atoms. The van der Waals surface area contributed by atoms with E-state index in [4.69, 9.17) is 16.7 Å². The number of hydrogen-bond acceptors (Lipinski definition) is 3. The largest absolute Gasteiger partial charge is 0.396 e. The van der Waals surface area contributed by atoms with Crippen LogP contribution in [0.15, 0.2) is 18.2 Å². The predicted octanol–water partition coefficient (Wildman–Crippen LogP) is 1.25. The Balaban J connectivity index is 2.43. The summed E-state index contributed by atoms with van der Waals surface area (Å²) in [6.45, 7) is 0.273. The summed E-state index contributed by atoms with van der Waals surface area (Å²) in [7, 11) is 0. The lowest BCUT2D eigenvalue weighted by Crippen LogP contribution is -2.31. The molecule has 1 aromatic carbocycles. The number of aliphatic hydroxyl groups excluding tert-OH is 1. The minimum atomic E-state index is -0.573. The lowest BCUT2D eigenvalue weighted by atomic mass is 10.1. The molecule has 4 nitrogen and oxygen atoms in total. The molecule has 0 spiro atoms. The quantitative estimate of drug-likeness (QED) is 0.808. The molecule has 1 aromatic rings. The van der Waals surface area contributed by atoms with E-state index in [1.807, 2.05) is 0 Å². The number of amides is 1. The van der Waals surface area contributed by atoms with Gasteiger partial charge in [0.25, 0.3) is 11.7 Å².